The van der Waals surface area contributed by atoms with Crippen molar-refractivity contribution < 1.29 is 48.6 Å². The van der Waals surface area contributed by atoms with Gasteiger partial charge < -0.3 is 43.9 Å². The predicted molar refractivity (Wildman–Crippen MR) is 216 cm³/mol. The number of carbonyl (C=O) groups excluding carboxylic acids is 2. The Morgan fingerprint density at radius 3 is 2.45 bits per heavy atom. The number of esters is 1. The molecule has 0 aromatic heterocycles. The van der Waals surface area contributed by atoms with Crippen LogP contribution in [-0.4, -0.2) is 137 Å². The molecule has 3 heterocycles. The van der Waals surface area contributed by atoms with Crippen LogP contribution in [0.4, 0.5) is 4.79 Å². The van der Waals surface area contributed by atoms with Gasteiger partial charge >= 0.3 is 12.1 Å². The predicted octanol–water partition coefficient (Wildman–Crippen LogP) is 6.11. The number of aliphatic hydroxyl groups is 3. The molecule has 2 saturated heterocycles. The third-order valence-electron chi connectivity index (χ3n) is 12.4. The molecule has 0 aromatic carbocycles. The summed E-state index contributed by atoms with van der Waals surface area (Å²) < 4.78 is 30.1. The van der Waals surface area contributed by atoms with Crippen LogP contribution in [0.25, 0.3) is 0 Å². The van der Waals surface area contributed by atoms with Crippen LogP contribution in [0, 0.1) is 11.8 Å². The van der Waals surface area contributed by atoms with Crippen LogP contribution in [0.3, 0.4) is 0 Å². The highest BCUT2D eigenvalue weighted by atomic mass is 16.6. The molecule has 1 saturated carbocycles. The number of piperazine rings is 1. The van der Waals surface area contributed by atoms with Gasteiger partial charge in [0.2, 0.25) is 0 Å². The fourth-order valence-electron chi connectivity index (χ4n) is 8.50. The maximum atomic E-state index is 13.9. The maximum Gasteiger partial charge on any atom is 0.410 e. The second-order valence-electron chi connectivity index (χ2n) is 17.2. The third-order valence-corrected chi connectivity index (χ3v) is 12.4. The Kier molecular flexibility index (Phi) is 18.4. The molecule has 12 heteroatoms. The van der Waals surface area contributed by atoms with Gasteiger partial charge in [-0.3, -0.25) is 9.69 Å². The summed E-state index contributed by atoms with van der Waals surface area (Å²) in [7, 11) is 0. The van der Waals surface area contributed by atoms with Crippen LogP contribution in [0.15, 0.2) is 36.0 Å². The second-order valence-corrected chi connectivity index (χ2v) is 17.2. The minimum Gasteiger partial charge on any atom is -0.457 e. The highest BCUT2D eigenvalue weighted by Crippen LogP contribution is 2.38. The van der Waals surface area contributed by atoms with E-state index in [1.807, 2.05) is 59.8 Å². The van der Waals surface area contributed by atoms with Crippen molar-refractivity contribution in [1.29, 1.82) is 0 Å². The Bertz CT molecular complexity index is 1300. The first-order valence-electron chi connectivity index (χ1n) is 21.5. The van der Waals surface area contributed by atoms with E-state index in [0.29, 0.717) is 51.6 Å². The molecule has 0 bridgehead atoms. The smallest absolute Gasteiger partial charge is 0.410 e. The van der Waals surface area contributed by atoms with Crippen molar-refractivity contribution in [2.24, 2.45) is 11.8 Å². The minimum atomic E-state index is -1.16. The van der Waals surface area contributed by atoms with Gasteiger partial charge in [0.1, 0.15) is 11.7 Å². The van der Waals surface area contributed by atoms with Crippen molar-refractivity contribution >= 4 is 12.1 Å². The average molecular weight is 791 g/mol. The van der Waals surface area contributed by atoms with Gasteiger partial charge in [-0.2, -0.15) is 0 Å². The third kappa shape index (κ3) is 14.2. The lowest BCUT2D eigenvalue weighted by Crippen LogP contribution is -2.53. The zero-order valence-corrected chi connectivity index (χ0v) is 35.4. The lowest BCUT2D eigenvalue weighted by atomic mass is 9.88. The highest BCUT2D eigenvalue weighted by molar-refractivity contribution is 5.70. The Morgan fingerprint density at radius 1 is 1.09 bits per heavy atom. The minimum absolute atomic E-state index is 0.00949. The summed E-state index contributed by atoms with van der Waals surface area (Å²) in [5, 5.41) is 32.4. The van der Waals surface area contributed by atoms with Gasteiger partial charge in [-0.05, 0) is 71.4 Å². The normalized spacial score (nSPS) is 33.4. The van der Waals surface area contributed by atoms with E-state index < -0.39 is 47.7 Å². The quantitative estimate of drug-likeness (QED) is 0.0441. The molecule has 0 spiro atoms. The van der Waals surface area contributed by atoms with Gasteiger partial charge in [0, 0.05) is 57.1 Å². The van der Waals surface area contributed by atoms with Gasteiger partial charge in [-0.25, -0.2) is 4.79 Å². The summed E-state index contributed by atoms with van der Waals surface area (Å²) in [6, 6.07) is 0.586. The van der Waals surface area contributed by atoms with Crippen molar-refractivity contribution in [3.8, 4) is 0 Å². The van der Waals surface area contributed by atoms with E-state index in [9.17, 15) is 24.9 Å². The van der Waals surface area contributed by atoms with Crippen LogP contribution in [0.2, 0.25) is 0 Å². The van der Waals surface area contributed by atoms with E-state index in [0.717, 1.165) is 18.7 Å². The summed E-state index contributed by atoms with van der Waals surface area (Å²) >= 11 is 0. The van der Waals surface area contributed by atoms with Gasteiger partial charge in [0.25, 0.3) is 0 Å². The summed E-state index contributed by atoms with van der Waals surface area (Å²) in [4.78, 5) is 31.4. The zero-order chi connectivity index (χ0) is 40.9. The number of carbonyl (C=O) groups is 2. The molecule has 56 heavy (non-hydrogen) atoms. The zero-order valence-electron chi connectivity index (χ0n) is 35.4. The fourth-order valence-corrected chi connectivity index (χ4v) is 8.50. The molecule has 0 aromatic rings. The number of allylic oxidation sites excluding steroid dienone is 2. The molecule has 0 radical (unpaired) electrons. The first-order chi connectivity index (χ1) is 26.7. The van der Waals surface area contributed by atoms with E-state index >= 15 is 0 Å². The monoisotopic (exact) mass is 791 g/mol. The number of ether oxygens (including phenoxy) is 5. The molecule has 3 aliphatic heterocycles. The van der Waals surface area contributed by atoms with Crippen molar-refractivity contribution in [1.82, 2.24) is 9.80 Å². The Balaban J connectivity index is 1.50. The largest absolute Gasteiger partial charge is 0.457 e. The first kappa shape index (κ1) is 46.4. The van der Waals surface area contributed by atoms with E-state index in [1.165, 1.54) is 38.5 Å². The van der Waals surface area contributed by atoms with E-state index in [2.05, 4.69) is 4.90 Å². The van der Waals surface area contributed by atoms with Crippen LogP contribution in [-0.2, 0) is 28.5 Å². The SMILES string of the molecule is CCOCCOC1(C)CCC(O)CC(=O)OC(/C(C)=C/C=C/C(C)(O)CC2OC2C(C)C(O)CC)C(C)/C=C/C1OC(=O)N1CCN(C2CCCCCC2)CC1. The number of aliphatic hydroxyl groups excluding tert-OH is 2. The van der Waals surface area contributed by atoms with Crippen molar-refractivity contribution in [2.45, 2.75) is 173 Å². The highest BCUT2D eigenvalue weighted by Gasteiger charge is 2.47. The number of amides is 1. The van der Waals surface area contributed by atoms with Crippen LogP contribution in [0.5, 0.6) is 0 Å². The summed E-state index contributed by atoms with van der Waals surface area (Å²) in [5.41, 5.74) is -1.43. The standard InChI is InChI=1S/C44H74N2O10/c1-8-36(48)33(5)41-37(54-41)30-43(6,51)21-14-15-31(3)40-32(4)18-19-38(44(7,53-28-27-52-9-2)22-20-35(47)29-39(49)56-40)55-42(50)46-25-23-45(24-26-46)34-16-12-10-11-13-17-34/h14-15,18-19,21,32-38,40-41,47-48,51H,8-13,16-17,20,22-30H2,1-7H3/b19-18+,21-14+,31-15+. The van der Waals surface area contributed by atoms with Crippen LogP contribution >= 0.6 is 0 Å². The Labute approximate surface area is 336 Å². The lowest BCUT2D eigenvalue weighted by Gasteiger charge is -2.41. The first-order valence-corrected chi connectivity index (χ1v) is 21.5. The van der Waals surface area contributed by atoms with E-state index in [1.54, 1.807) is 24.0 Å². The molecule has 3 fully saturated rings. The van der Waals surface area contributed by atoms with Crippen molar-refractivity contribution in [3.05, 3.63) is 36.0 Å². The van der Waals surface area contributed by atoms with E-state index in [4.69, 9.17) is 23.7 Å². The Hall–Kier alpha value is -2.32. The van der Waals surface area contributed by atoms with Crippen LogP contribution in [0.1, 0.15) is 119 Å². The number of rotatable bonds is 15. The molecule has 320 valence electrons. The number of hydrogen-bond donors (Lipinski definition) is 3. The summed E-state index contributed by atoms with van der Waals surface area (Å²) in [5.74, 6) is -0.869. The summed E-state index contributed by atoms with van der Waals surface area (Å²) in [6.07, 6.45) is 14.5. The molecule has 4 rings (SSSR count). The number of nitrogens with zero attached hydrogens (tertiary/aromatic N) is 2. The van der Waals surface area contributed by atoms with Crippen LogP contribution < -0.4 is 0 Å². The van der Waals surface area contributed by atoms with E-state index in [-0.39, 0.29) is 43.5 Å². The van der Waals surface area contributed by atoms with Gasteiger partial charge in [-0.15, -0.1) is 0 Å². The molecule has 10 atom stereocenters. The molecule has 4 aliphatic rings. The fraction of sp³-hybridized carbons (Fsp3) is 0.818. The molecule has 12 nitrogen and oxygen atoms in total. The topological polar surface area (TPSA) is 151 Å². The molecule has 1 amide bonds. The van der Waals surface area contributed by atoms with Gasteiger partial charge in [0.05, 0.1) is 49.7 Å². The second kappa shape index (κ2) is 22.2. The number of epoxide rings is 1. The summed E-state index contributed by atoms with van der Waals surface area (Å²) in [6.45, 7) is 17.3. The Morgan fingerprint density at radius 2 is 1.79 bits per heavy atom. The number of cyclic esters (lactones) is 1. The van der Waals surface area contributed by atoms with Gasteiger partial charge in [-0.1, -0.05) is 70.8 Å². The molecule has 3 N–H and O–H groups in total. The average Bonchev–Trinajstić information content (AvgIpc) is 3.98. The van der Waals surface area contributed by atoms with Gasteiger partial charge in [0.15, 0.2) is 6.10 Å². The maximum absolute atomic E-state index is 13.9. The molecular weight excluding hydrogens is 716 g/mol. The lowest BCUT2D eigenvalue weighted by molar-refractivity contribution is -0.152. The van der Waals surface area contributed by atoms with Crippen molar-refractivity contribution in [3.63, 3.8) is 0 Å². The molecule has 1 aliphatic carbocycles. The number of hydrogen-bond acceptors (Lipinski definition) is 11. The van der Waals surface area contributed by atoms with Crippen molar-refractivity contribution in [2.75, 3.05) is 46.0 Å². The molecular formula is C44H74N2O10. The molecule has 10 unspecified atom stereocenters.